The van der Waals surface area contributed by atoms with Crippen LogP contribution in [0.2, 0.25) is 5.02 Å². The zero-order valence-corrected chi connectivity index (χ0v) is 17.6. The van der Waals surface area contributed by atoms with Crippen LogP contribution in [0, 0.1) is 0 Å². The van der Waals surface area contributed by atoms with Crippen molar-refractivity contribution in [3.05, 3.63) is 47.6 Å². The second-order valence-electron chi connectivity index (χ2n) is 7.34. The summed E-state index contributed by atoms with van der Waals surface area (Å²) in [5.41, 5.74) is 7.44. The number of amides is 2. The van der Waals surface area contributed by atoms with E-state index in [-0.39, 0.29) is 30.2 Å². The fourth-order valence-corrected chi connectivity index (χ4v) is 3.54. The Kier molecular flexibility index (Phi) is 5.92. The summed E-state index contributed by atoms with van der Waals surface area (Å²) in [6.07, 6.45) is 4.63. The van der Waals surface area contributed by atoms with E-state index in [2.05, 4.69) is 27.6 Å². The van der Waals surface area contributed by atoms with Crippen molar-refractivity contribution in [3.63, 3.8) is 0 Å². The number of nitrogens with one attached hydrogen (secondary N) is 2. The van der Waals surface area contributed by atoms with E-state index in [1.165, 1.54) is 6.26 Å². The zero-order chi connectivity index (χ0) is 22.0. The number of hydrogen-bond acceptors (Lipinski definition) is 7. The Morgan fingerprint density at radius 3 is 2.97 bits per heavy atom. The number of benzene rings is 1. The summed E-state index contributed by atoms with van der Waals surface area (Å²) < 4.78 is 6.46. The van der Waals surface area contributed by atoms with E-state index in [0.717, 1.165) is 17.7 Å². The number of hydrogen-bond donors (Lipinski definition) is 3. The number of oxazole rings is 1. The van der Waals surface area contributed by atoms with Crippen molar-refractivity contribution in [2.24, 2.45) is 0 Å². The molecule has 4 rings (SSSR count). The maximum Gasteiger partial charge on any atom is 0.292 e. The minimum absolute atomic E-state index is 0.0268. The number of rotatable bonds is 5. The molecular weight excluding hydrogens is 422 g/mol. The summed E-state index contributed by atoms with van der Waals surface area (Å²) in [7, 11) is 0. The molecule has 0 bridgehead atoms. The molecule has 0 radical (unpaired) electrons. The molecule has 11 heteroatoms. The lowest BCUT2D eigenvalue weighted by Crippen LogP contribution is -2.52. The third kappa shape index (κ3) is 4.86. The van der Waals surface area contributed by atoms with Crippen LogP contribution in [-0.2, 0) is 11.3 Å². The fourth-order valence-electron chi connectivity index (χ4n) is 3.38. The Labute approximate surface area is 183 Å². The van der Waals surface area contributed by atoms with Gasteiger partial charge in [-0.3, -0.25) is 14.3 Å². The molecule has 4 N–H and O–H groups in total. The van der Waals surface area contributed by atoms with Crippen LogP contribution in [-0.4, -0.2) is 57.2 Å². The molecule has 1 unspecified atom stereocenters. The topological polar surface area (TPSA) is 131 Å². The molecule has 3 aromatic rings. The van der Waals surface area contributed by atoms with Gasteiger partial charge in [0, 0.05) is 37.4 Å². The van der Waals surface area contributed by atoms with E-state index in [0.29, 0.717) is 23.8 Å². The Balaban J connectivity index is 1.46. The molecule has 1 fully saturated rings. The van der Waals surface area contributed by atoms with E-state index in [1.54, 1.807) is 29.2 Å². The first-order chi connectivity index (χ1) is 14.9. The van der Waals surface area contributed by atoms with Gasteiger partial charge in [0.05, 0.1) is 16.9 Å². The number of carbonyl (C=O) groups is 2. The minimum Gasteiger partial charge on any atom is -0.431 e. The number of piperazine rings is 1. The first-order valence-corrected chi connectivity index (χ1v) is 10.1. The van der Waals surface area contributed by atoms with Crippen LogP contribution in [0.3, 0.4) is 0 Å². The van der Waals surface area contributed by atoms with Crippen molar-refractivity contribution in [2.75, 3.05) is 30.7 Å². The first-order valence-electron chi connectivity index (χ1n) is 9.75. The Bertz CT molecular complexity index is 1110. The van der Waals surface area contributed by atoms with Crippen LogP contribution < -0.4 is 16.4 Å². The number of carbonyl (C=O) groups excluding carboxylic acids is 2. The van der Waals surface area contributed by atoms with Crippen molar-refractivity contribution in [2.45, 2.75) is 19.5 Å². The summed E-state index contributed by atoms with van der Waals surface area (Å²) in [6.45, 7) is 4.38. The quantitative estimate of drug-likeness (QED) is 0.548. The van der Waals surface area contributed by atoms with E-state index in [4.69, 9.17) is 21.8 Å². The molecule has 1 aromatic carbocycles. The van der Waals surface area contributed by atoms with Gasteiger partial charge >= 0.3 is 0 Å². The van der Waals surface area contributed by atoms with Crippen LogP contribution in [0.25, 0.3) is 11.1 Å². The van der Waals surface area contributed by atoms with Crippen LogP contribution in [0.1, 0.15) is 17.4 Å². The highest BCUT2D eigenvalue weighted by atomic mass is 35.5. The predicted octanol–water partition coefficient (Wildman–Crippen LogP) is 1.85. The second-order valence-corrected chi connectivity index (χ2v) is 7.75. The van der Waals surface area contributed by atoms with Crippen LogP contribution in [0.4, 0.5) is 11.7 Å². The second kappa shape index (κ2) is 8.78. The Morgan fingerprint density at radius 1 is 1.39 bits per heavy atom. The number of nitrogens with zero attached hydrogens (tertiary/aromatic N) is 4. The molecule has 1 atom stereocenters. The van der Waals surface area contributed by atoms with Crippen LogP contribution in [0.15, 0.2) is 41.3 Å². The highest BCUT2D eigenvalue weighted by Crippen LogP contribution is 2.29. The average molecular weight is 444 g/mol. The summed E-state index contributed by atoms with van der Waals surface area (Å²) in [6, 6.07) is 5.40. The van der Waals surface area contributed by atoms with Crippen molar-refractivity contribution in [3.8, 4) is 11.1 Å². The van der Waals surface area contributed by atoms with Gasteiger partial charge < -0.3 is 25.7 Å². The van der Waals surface area contributed by atoms with E-state index < -0.39 is 5.91 Å². The number of anilines is 2. The van der Waals surface area contributed by atoms with E-state index >= 15 is 0 Å². The first kappa shape index (κ1) is 20.9. The van der Waals surface area contributed by atoms with Crippen molar-refractivity contribution in [1.29, 1.82) is 0 Å². The Morgan fingerprint density at radius 2 is 2.23 bits per heavy atom. The number of nitrogens with two attached hydrogens (primary N) is 1. The van der Waals surface area contributed by atoms with Gasteiger partial charge in [-0.15, -0.1) is 0 Å². The molecule has 1 aliphatic rings. The van der Waals surface area contributed by atoms with Gasteiger partial charge in [-0.05, 0) is 24.6 Å². The summed E-state index contributed by atoms with van der Waals surface area (Å²) in [4.78, 5) is 30.5. The third-order valence-corrected chi connectivity index (χ3v) is 5.28. The van der Waals surface area contributed by atoms with Gasteiger partial charge in [0.15, 0.2) is 5.69 Å². The highest BCUT2D eigenvalue weighted by molar-refractivity contribution is 6.34. The number of halogens is 1. The Hall–Kier alpha value is -3.37. The lowest BCUT2D eigenvalue weighted by molar-refractivity contribution is -0.133. The zero-order valence-electron chi connectivity index (χ0n) is 16.8. The van der Waals surface area contributed by atoms with Crippen molar-refractivity contribution in [1.82, 2.24) is 25.0 Å². The van der Waals surface area contributed by atoms with Crippen LogP contribution in [0.5, 0.6) is 0 Å². The standard InChI is InChI=1S/C20H22ClN7O3/c1-12-8-27(5-4-23-12)18(29)10-28-9-14(7-24-28)13-2-3-15(21)16(6-13)25-19(30)17-11-31-20(22)26-17/h2-3,6-7,9,11-12,23H,4-5,8,10H2,1H3,(H2,22,26)(H,25,30). The SMILES string of the molecule is CC1CN(C(=O)Cn2cc(-c3ccc(Cl)c(NC(=O)c4coc(N)n4)c3)cn2)CCN1. The molecule has 3 heterocycles. The summed E-state index contributed by atoms with van der Waals surface area (Å²) in [5.74, 6) is -0.468. The molecule has 31 heavy (non-hydrogen) atoms. The van der Waals surface area contributed by atoms with E-state index in [1.807, 2.05) is 11.0 Å². The summed E-state index contributed by atoms with van der Waals surface area (Å²) in [5, 5.41) is 10.7. The largest absolute Gasteiger partial charge is 0.431 e. The van der Waals surface area contributed by atoms with E-state index in [9.17, 15) is 9.59 Å². The maximum absolute atomic E-state index is 12.6. The van der Waals surface area contributed by atoms with Gasteiger partial charge in [0.1, 0.15) is 12.8 Å². The normalized spacial score (nSPS) is 16.3. The lowest BCUT2D eigenvalue weighted by Gasteiger charge is -2.31. The van der Waals surface area contributed by atoms with Gasteiger partial charge in [-0.1, -0.05) is 17.7 Å². The minimum atomic E-state index is -0.494. The van der Waals surface area contributed by atoms with Crippen LogP contribution >= 0.6 is 11.6 Å². The third-order valence-electron chi connectivity index (χ3n) is 4.95. The van der Waals surface area contributed by atoms with Gasteiger partial charge in [-0.25, -0.2) is 0 Å². The average Bonchev–Trinajstić information content (AvgIpc) is 3.39. The smallest absolute Gasteiger partial charge is 0.292 e. The monoisotopic (exact) mass is 443 g/mol. The van der Waals surface area contributed by atoms with Gasteiger partial charge in [-0.2, -0.15) is 10.1 Å². The molecule has 2 amide bonds. The molecule has 2 aromatic heterocycles. The highest BCUT2D eigenvalue weighted by Gasteiger charge is 2.21. The maximum atomic E-state index is 12.6. The molecule has 1 saturated heterocycles. The summed E-state index contributed by atoms with van der Waals surface area (Å²) >= 11 is 6.23. The lowest BCUT2D eigenvalue weighted by atomic mass is 10.1. The van der Waals surface area contributed by atoms with Crippen molar-refractivity contribution < 1.29 is 14.0 Å². The van der Waals surface area contributed by atoms with Gasteiger partial charge in [0.25, 0.3) is 11.9 Å². The van der Waals surface area contributed by atoms with Gasteiger partial charge in [0.2, 0.25) is 5.91 Å². The molecule has 0 spiro atoms. The number of nitrogen functional groups attached to an aromatic ring is 1. The fraction of sp³-hybridized carbons (Fsp3) is 0.300. The molecule has 1 aliphatic heterocycles. The molecule has 0 aliphatic carbocycles. The molecule has 162 valence electrons. The molecular formula is C20H22ClN7O3. The number of aromatic nitrogens is 3. The predicted molar refractivity (Wildman–Crippen MR) is 116 cm³/mol. The van der Waals surface area contributed by atoms with Crippen molar-refractivity contribution >= 4 is 35.1 Å². The molecule has 10 nitrogen and oxygen atoms in total. The molecule has 0 saturated carbocycles.